The van der Waals surface area contributed by atoms with E-state index in [1.54, 1.807) is 19.1 Å². The van der Waals surface area contributed by atoms with Crippen molar-refractivity contribution in [2.45, 2.75) is 76.5 Å². The van der Waals surface area contributed by atoms with Crippen molar-refractivity contribution in [1.29, 1.82) is 0 Å². The Kier molecular flexibility index (Phi) is 14.6. The van der Waals surface area contributed by atoms with Crippen molar-refractivity contribution < 1.29 is 39.3 Å². The van der Waals surface area contributed by atoms with Crippen LogP contribution in [0.3, 0.4) is 0 Å². The van der Waals surface area contributed by atoms with Gasteiger partial charge < -0.3 is 48.5 Å². The molecule has 15 heteroatoms. The Morgan fingerprint density at radius 1 is 0.878 bits per heavy atom. The summed E-state index contributed by atoms with van der Waals surface area (Å²) in [6.07, 6.45) is -0.0607. The van der Waals surface area contributed by atoms with E-state index in [1.807, 2.05) is 6.92 Å². The van der Waals surface area contributed by atoms with Crippen molar-refractivity contribution in [3.8, 4) is 5.75 Å². The maximum absolute atomic E-state index is 13.4. The molecule has 41 heavy (non-hydrogen) atoms. The summed E-state index contributed by atoms with van der Waals surface area (Å²) in [4.78, 5) is 65.7. The highest BCUT2D eigenvalue weighted by molar-refractivity contribution is 5.94. The molecule has 1 aromatic carbocycles. The van der Waals surface area contributed by atoms with Gasteiger partial charge >= 0.3 is 11.9 Å². The fourth-order valence-electron chi connectivity index (χ4n) is 3.70. The number of phenols is 1. The highest BCUT2D eigenvalue weighted by atomic mass is 16.4. The molecule has 0 saturated heterocycles. The second-order valence-electron chi connectivity index (χ2n) is 9.68. The van der Waals surface area contributed by atoms with Gasteiger partial charge in [0.25, 0.3) is 0 Å². The second kappa shape index (κ2) is 17.3. The Hall–Kier alpha value is -4.40. The van der Waals surface area contributed by atoms with Crippen LogP contribution >= 0.6 is 0 Å². The van der Waals surface area contributed by atoms with E-state index in [4.69, 9.17) is 22.3 Å². The molecule has 1 rings (SSSR count). The molecule has 0 radical (unpaired) electrons. The molecule has 0 fully saturated rings. The highest BCUT2D eigenvalue weighted by Gasteiger charge is 2.31. The number of amides is 3. The lowest BCUT2D eigenvalue weighted by molar-refractivity contribution is -0.143. The molecule has 0 bridgehead atoms. The average Bonchev–Trinajstić information content (AvgIpc) is 2.91. The molecule has 15 nitrogen and oxygen atoms in total. The number of hydrogen-bond acceptors (Lipinski definition) is 8. The summed E-state index contributed by atoms with van der Waals surface area (Å²) < 4.78 is 0. The first-order chi connectivity index (χ1) is 19.2. The van der Waals surface area contributed by atoms with Gasteiger partial charge in [-0.25, -0.2) is 4.79 Å². The van der Waals surface area contributed by atoms with Gasteiger partial charge in [0.2, 0.25) is 17.7 Å². The Morgan fingerprint density at radius 2 is 1.44 bits per heavy atom. The number of benzene rings is 1. The zero-order valence-electron chi connectivity index (χ0n) is 23.2. The quantitative estimate of drug-likeness (QED) is 0.0564. The molecule has 5 atom stereocenters. The predicted molar refractivity (Wildman–Crippen MR) is 149 cm³/mol. The average molecular weight is 580 g/mol. The van der Waals surface area contributed by atoms with Gasteiger partial charge in [-0.3, -0.25) is 24.2 Å². The Bertz CT molecular complexity index is 1080. The van der Waals surface area contributed by atoms with E-state index >= 15 is 0 Å². The summed E-state index contributed by atoms with van der Waals surface area (Å²) in [5, 5.41) is 35.4. The molecule has 3 amide bonds. The predicted octanol–water partition coefficient (Wildman–Crippen LogP) is -1.23. The molecule has 0 aliphatic rings. The first-order valence-electron chi connectivity index (χ1n) is 13.2. The van der Waals surface area contributed by atoms with Crippen molar-refractivity contribution in [2.24, 2.45) is 28.1 Å². The van der Waals surface area contributed by atoms with E-state index in [1.165, 1.54) is 12.1 Å². The first-order valence-corrected chi connectivity index (χ1v) is 13.2. The van der Waals surface area contributed by atoms with Crippen LogP contribution < -0.4 is 33.2 Å². The van der Waals surface area contributed by atoms with Crippen LogP contribution in [0.25, 0.3) is 0 Å². The van der Waals surface area contributed by atoms with Crippen LogP contribution in [0, 0.1) is 5.92 Å². The Morgan fingerprint density at radius 3 is 1.98 bits per heavy atom. The summed E-state index contributed by atoms with van der Waals surface area (Å²) in [5.41, 5.74) is 17.3. The van der Waals surface area contributed by atoms with Gasteiger partial charge in [0, 0.05) is 19.4 Å². The number of aromatic hydroxyl groups is 1. The van der Waals surface area contributed by atoms with Gasteiger partial charge in [-0.05, 0) is 42.9 Å². The smallest absolute Gasteiger partial charge is 0.326 e. The Balaban J connectivity index is 3.21. The second-order valence-corrected chi connectivity index (χ2v) is 9.68. The zero-order chi connectivity index (χ0) is 31.1. The molecule has 228 valence electrons. The van der Waals surface area contributed by atoms with Crippen LogP contribution in [0.2, 0.25) is 0 Å². The Labute approximate surface area is 237 Å². The summed E-state index contributed by atoms with van der Waals surface area (Å²) in [7, 11) is 0. The van der Waals surface area contributed by atoms with Crippen molar-refractivity contribution in [1.82, 2.24) is 16.0 Å². The van der Waals surface area contributed by atoms with Crippen LogP contribution in [-0.2, 0) is 30.4 Å². The van der Waals surface area contributed by atoms with E-state index in [2.05, 4.69) is 20.9 Å². The van der Waals surface area contributed by atoms with Crippen LogP contribution in [0.5, 0.6) is 5.75 Å². The van der Waals surface area contributed by atoms with Gasteiger partial charge in [0.15, 0.2) is 5.96 Å². The molecule has 5 unspecified atom stereocenters. The van der Waals surface area contributed by atoms with Gasteiger partial charge in [0.05, 0.1) is 6.04 Å². The number of nitrogens with zero attached hydrogens (tertiary/aromatic N) is 1. The van der Waals surface area contributed by atoms with E-state index in [-0.39, 0.29) is 49.9 Å². The van der Waals surface area contributed by atoms with Crippen LogP contribution in [0.15, 0.2) is 29.3 Å². The number of nitrogens with two attached hydrogens (primary N) is 3. The summed E-state index contributed by atoms with van der Waals surface area (Å²) in [6.45, 7) is 3.77. The highest BCUT2D eigenvalue weighted by Crippen LogP contribution is 2.13. The fraction of sp³-hybridized carbons (Fsp3) is 0.538. The van der Waals surface area contributed by atoms with Gasteiger partial charge in [-0.1, -0.05) is 32.4 Å². The summed E-state index contributed by atoms with van der Waals surface area (Å²) >= 11 is 0. The maximum Gasteiger partial charge on any atom is 0.326 e. The number of carboxylic acids is 2. The van der Waals surface area contributed by atoms with Crippen molar-refractivity contribution >= 4 is 35.6 Å². The molecular formula is C26H41N7O8. The maximum atomic E-state index is 13.4. The number of nitrogens with one attached hydrogen (secondary N) is 3. The monoisotopic (exact) mass is 579 g/mol. The minimum Gasteiger partial charge on any atom is -0.508 e. The zero-order valence-corrected chi connectivity index (χ0v) is 23.2. The molecule has 0 aliphatic carbocycles. The van der Waals surface area contributed by atoms with Crippen molar-refractivity contribution in [2.75, 3.05) is 6.54 Å². The lowest BCUT2D eigenvalue weighted by Crippen LogP contribution is -2.58. The molecule has 0 heterocycles. The van der Waals surface area contributed by atoms with Crippen LogP contribution in [0.4, 0.5) is 0 Å². The number of carbonyl (C=O) groups is 5. The molecule has 1 aromatic rings. The fourth-order valence-corrected chi connectivity index (χ4v) is 3.70. The summed E-state index contributed by atoms with van der Waals surface area (Å²) in [5.74, 6) is -5.23. The summed E-state index contributed by atoms with van der Waals surface area (Å²) in [6, 6.07) is 1.09. The number of carboxylic acid groups (broad SMARTS) is 2. The number of hydrogen-bond donors (Lipinski definition) is 9. The number of carbonyl (C=O) groups excluding carboxylic acids is 3. The van der Waals surface area contributed by atoms with E-state index < -0.39 is 60.2 Å². The van der Waals surface area contributed by atoms with Crippen LogP contribution in [0.1, 0.15) is 51.5 Å². The lowest BCUT2D eigenvalue weighted by Gasteiger charge is -2.26. The van der Waals surface area contributed by atoms with Gasteiger partial charge in [0.1, 0.15) is 23.9 Å². The van der Waals surface area contributed by atoms with Gasteiger partial charge in [-0.2, -0.15) is 0 Å². The molecular weight excluding hydrogens is 538 g/mol. The lowest BCUT2D eigenvalue weighted by atomic mass is 9.98. The number of guanidine groups is 1. The van der Waals surface area contributed by atoms with E-state index in [0.29, 0.717) is 12.0 Å². The standard InChI is InChI=1S/C26H41N7O8/c1-3-14(2)21(27)24(39)33-19(13-15-6-8-16(34)9-7-15)23(38)31-17(5-4-12-30-26(28)29)22(37)32-18(25(40)41)10-11-20(35)36/h6-9,14,17-19,21,34H,3-5,10-13,27H2,1-2H3,(H,31,38)(H,32,37)(H,33,39)(H,35,36)(H,40,41)(H4,28,29,30). The topological polar surface area (TPSA) is 273 Å². The number of rotatable bonds is 18. The van der Waals surface area contributed by atoms with Crippen molar-refractivity contribution in [3.63, 3.8) is 0 Å². The third-order valence-corrected chi connectivity index (χ3v) is 6.41. The van der Waals surface area contributed by atoms with Gasteiger partial charge in [-0.15, -0.1) is 0 Å². The number of aliphatic carboxylic acids is 2. The van der Waals surface area contributed by atoms with E-state index in [9.17, 15) is 34.2 Å². The molecule has 12 N–H and O–H groups in total. The minimum atomic E-state index is -1.52. The molecule has 0 saturated carbocycles. The van der Waals surface area contributed by atoms with Crippen molar-refractivity contribution in [3.05, 3.63) is 29.8 Å². The minimum absolute atomic E-state index is 0.00553. The van der Waals surface area contributed by atoms with Crippen LogP contribution in [-0.4, -0.2) is 81.7 Å². The normalized spacial score (nSPS) is 14.4. The molecule has 0 spiro atoms. The third-order valence-electron chi connectivity index (χ3n) is 6.41. The third kappa shape index (κ3) is 13.0. The molecule has 0 aromatic heterocycles. The van der Waals surface area contributed by atoms with E-state index in [0.717, 1.165) is 0 Å². The SMILES string of the molecule is CCC(C)C(N)C(=O)NC(Cc1ccc(O)cc1)C(=O)NC(CCCN=C(N)N)C(=O)NC(CCC(=O)O)C(=O)O. The first kappa shape index (κ1) is 34.6. The number of phenolic OH excluding ortho intramolecular Hbond substituents is 1. The largest absolute Gasteiger partial charge is 0.508 e. The molecule has 0 aliphatic heterocycles. The number of aliphatic imine (C=N–C) groups is 1.